The van der Waals surface area contributed by atoms with Gasteiger partial charge in [0.25, 0.3) is 0 Å². The average Bonchev–Trinajstić information content (AvgIpc) is 2.68. The summed E-state index contributed by atoms with van der Waals surface area (Å²) >= 11 is 1.40. The molecule has 2 rings (SSSR count). The van der Waals surface area contributed by atoms with Crippen LogP contribution in [0.1, 0.15) is 13.8 Å². The summed E-state index contributed by atoms with van der Waals surface area (Å²) in [5.74, 6) is 1.31. The lowest BCUT2D eigenvalue weighted by Gasteiger charge is -2.08. The van der Waals surface area contributed by atoms with Crippen molar-refractivity contribution in [3.63, 3.8) is 0 Å². The highest BCUT2D eigenvalue weighted by atomic mass is 32.2. The van der Waals surface area contributed by atoms with Crippen LogP contribution in [-0.4, -0.2) is 37.3 Å². The number of carbonyl (C=O) groups excluding carboxylic acids is 2. The number of benzene rings is 2. The van der Waals surface area contributed by atoms with Crippen molar-refractivity contribution in [3.05, 3.63) is 48.5 Å². The Kier molecular flexibility index (Phi) is 8.51. The van der Waals surface area contributed by atoms with E-state index in [1.54, 1.807) is 24.3 Å². The Hall–Kier alpha value is -2.67. The zero-order valence-corrected chi connectivity index (χ0v) is 16.3. The van der Waals surface area contributed by atoms with Gasteiger partial charge in [0, 0.05) is 10.6 Å². The molecule has 0 heterocycles. The van der Waals surface area contributed by atoms with Crippen LogP contribution in [0.3, 0.4) is 0 Å². The fourth-order valence-corrected chi connectivity index (χ4v) is 2.91. The van der Waals surface area contributed by atoms with Gasteiger partial charge < -0.3 is 20.1 Å². The van der Waals surface area contributed by atoms with E-state index in [1.165, 1.54) is 11.8 Å². The lowest BCUT2D eigenvalue weighted by molar-refractivity contribution is -0.122. The number of rotatable bonds is 10. The average molecular weight is 388 g/mol. The highest BCUT2D eigenvalue weighted by Gasteiger charge is 2.07. The second kappa shape index (κ2) is 11.1. The van der Waals surface area contributed by atoms with Crippen molar-refractivity contribution in [2.75, 3.05) is 30.8 Å². The van der Waals surface area contributed by atoms with Gasteiger partial charge in [0.15, 0.2) is 0 Å². The van der Waals surface area contributed by atoms with Crippen LogP contribution in [0.15, 0.2) is 53.4 Å². The fourth-order valence-electron chi connectivity index (χ4n) is 2.18. The quantitative estimate of drug-likeness (QED) is 0.611. The molecule has 0 aliphatic rings. The van der Waals surface area contributed by atoms with E-state index in [2.05, 4.69) is 10.6 Å². The molecule has 0 aliphatic carbocycles. The standard InChI is InChI=1S/C20H24N2O4S/c1-3-25-16-7-5-15(6-8-16)22-19(23)13-21-20(24)14-27-18-11-9-17(10-12-18)26-4-2/h5-12H,3-4,13-14H2,1-2H3,(H,21,24)(H,22,23). The van der Waals surface area contributed by atoms with Gasteiger partial charge in [-0.05, 0) is 62.4 Å². The summed E-state index contributed by atoms with van der Waals surface area (Å²) in [6, 6.07) is 14.6. The van der Waals surface area contributed by atoms with Crippen LogP contribution in [0.4, 0.5) is 5.69 Å². The summed E-state index contributed by atoms with van der Waals surface area (Å²) in [6.45, 7) is 4.97. The smallest absolute Gasteiger partial charge is 0.243 e. The number of anilines is 1. The SMILES string of the molecule is CCOc1ccc(NC(=O)CNC(=O)CSc2ccc(OCC)cc2)cc1. The Morgan fingerprint density at radius 2 is 1.41 bits per heavy atom. The van der Waals surface area contributed by atoms with E-state index in [1.807, 2.05) is 38.1 Å². The zero-order chi connectivity index (χ0) is 19.5. The number of thioether (sulfide) groups is 1. The van der Waals surface area contributed by atoms with Crippen LogP contribution in [0.25, 0.3) is 0 Å². The van der Waals surface area contributed by atoms with Crippen molar-refractivity contribution in [1.29, 1.82) is 0 Å². The maximum atomic E-state index is 11.9. The summed E-state index contributed by atoms with van der Waals surface area (Å²) in [5.41, 5.74) is 0.654. The molecule has 0 saturated heterocycles. The minimum Gasteiger partial charge on any atom is -0.494 e. The topological polar surface area (TPSA) is 76.7 Å². The van der Waals surface area contributed by atoms with Crippen LogP contribution in [0.5, 0.6) is 11.5 Å². The summed E-state index contributed by atoms with van der Waals surface area (Å²) in [6.07, 6.45) is 0. The zero-order valence-electron chi connectivity index (χ0n) is 15.5. The van der Waals surface area contributed by atoms with Crippen LogP contribution in [0, 0.1) is 0 Å². The molecule has 144 valence electrons. The second-order valence-corrected chi connectivity index (χ2v) is 6.52. The van der Waals surface area contributed by atoms with Crippen molar-refractivity contribution in [1.82, 2.24) is 5.32 Å². The van der Waals surface area contributed by atoms with Crippen molar-refractivity contribution in [3.8, 4) is 11.5 Å². The van der Waals surface area contributed by atoms with Crippen LogP contribution in [-0.2, 0) is 9.59 Å². The van der Waals surface area contributed by atoms with Crippen LogP contribution in [0.2, 0.25) is 0 Å². The first-order valence-electron chi connectivity index (χ1n) is 8.75. The maximum absolute atomic E-state index is 11.9. The predicted molar refractivity (Wildman–Crippen MR) is 108 cm³/mol. The molecular weight excluding hydrogens is 364 g/mol. The number of hydrogen-bond acceptors (Lipinski definition) is 5. The van der Waals surface area contributed by atoms with Crippen LogP contribution >= 0.6 is 11.8 Å². The van der Waals surface area contributed by atoms with E-state index in [0.29, 0.717) is 18.9 Å². The lowest BCUT2D eigenvalue weighted by Crippen LogP contribution is -2.33. The lowest BCUT2D eigenvalue weighted by atomic mass is 10.3. The van der Waals surface area contributed by atoms with Crippen molar-refractivity contribution in [2.24, 2.45) is 0 Å². The molecule has 0 atom stereocenters. The molecule has 2 amide bonds. The molecule has 0 radical (unpaired) electrons. The van der Waals surface area contributed by atoms with Gasteiger partial charge in [-0.1, -0.05) is 0 Å². The van der Waals surface area contributed by atoms with E-state index >= 15 is 0 Å². The molecule has 2 aromatic rings. The van der Waals surface area contributed by atoms with E-state index in [4.69, 9.17) is 9.47 Å². The van der Waals surface area contributed by atoms with E-state index in [-0.39, 0.29) is 24.1 Å². The van der Waals surface area contributed by atoms with E-state index < -0.39 is 0 Å². The number of carbonyl (C=O) groups is 2. The van der Waals surface area contributed by atoms with Gasteiger partial charge in [-0.3, -0.25) is 9.59 Å². The summed E-state index contributed by atoms with van der Waals surface area (Å²) in [4.78, 5) is 24.8. The first-order chi connectivity index (χ1) is 13.1. The Labute approximate surface area is 163 Å². The van der Waals surface area contributed by atoms with Crippen molar-refractivity contribution < 1.29 is 19.1 Å². The highest BCUT2D eigenvalue weighted by Crippen LogP contribution is 2.21. The Balaban J connectivity index is 1.69. The molecule has 0 aliphatic heterocycles. The predicted octanol–water partition coefficient (Wildman–Crippen LogP) is 3.33. The summed E-state index contributed by atoms with van der Waals surface area (Å²) in [7, 11) is 0. The summed E-state index contributed by atoms with van der Waals surface area (Å²) < 4.78 is 10.7. The minimum absolute atomic E-state index is 0.0735. The van der Waals surface area contributed by atoms with E-state index in [0.717, 1.165) is 16.4 Å². The molecule has 7 heteroatoms. The van der Waals surface area contributed by atoms with Gasteiger partial charge in [-0.25, -0.2) is 0 Å². The molecule has 27 heavy (non-hydrogen) atoms. The third-order valence-electron chi connectivity index (χ3n) is 3.40. The Morgan fingerprint density at radius 1 is 0.852 bits per heavy atom. The fraction of sp³-hybridized carbons (Fsp3) is 0.300. The Bertz CT molecular complexity index is 733. The molecule has 0 bridgehead atoms. The van der Waals surface area contributed by atoms with Gasteiger partial charge in [0.05, 0.1) is 25.5 Å². The number of hydrogen-bond donors (Lipinski definition) is 2. The second-order valence-electron chi connectivity index (χ2n) is 5.48. The number of ether oxygens (including phenoxy) is 2. The first kappa shape index (κ1) is 20.6. The maximum Gasteiger partial charge on any atom is 0.243 e. The molecule has 6 nitrogen and oxygen atoms in total. The van der Waals surface area contributed by atoms with Gasteiger partial charge in [0.2, 0.25) is 11.8 Å². The molecule has 0 aromatic heterocycles. The molecule has 2 N–H and O–H groups in total. The molecule has 0 saturated carbocycles. The molecular formula is C20H24N2O4S. The third kappa shape index (κ3) is 7.62. The van der Waals surface area contributed by atoms with Crippen molar-refractivity contribution in [2.45, 2.75) is 18.7 Å². The summed E-state index contributed by atoms with van der Waals surface area (Å²) in [5, 5.41) is 5.34. The van der Waals surface area contributed by atoms with Gasteiger partial charge in [-0.15, -0.1) is 11.8 Å². The van der Waals surface area contributed by atoms with Gasteiger partial charge in [-0.2, -0.15) is 0 Å². The highest BCUT2D eigenvalue weighted by molar-refractivity contribution is 8.00. The number of nitrogens with one attached hydrogen (secondary N) is 2. The van der Waals surface area contributed by atoms with Gasteiger partial charge >= 0.3 is 0 Å². The third-order valence-corrected chi connectivity index (χ3v) is 4.41. The number of amides is 2. The molecule has 0 fully saturated rings. The normalized spacial score (nSPS) is 10.1. The van der Waals surface area contributed by atoms with Crippen molar-refractivity contribution >= 4 is 29.3 Å². The van der Waals surface area contributed by atoms with Crippen LogP contribution < -0.4 is 20.1 Å². The molecule has 0 unspecified atom stereocenters. The van der Waals surface area contributed by atoms with E-state index in [9.17, 15) is 9.59 Å². The minimum atomic E-state index is -0.279. The van der Waals surface area contributed by atoms with Gasteiger partial charge in [0.1, 0.15) is 11.5 Å². The first-order valence-corrected chi connectivity index (χ1v) is 9.74. The molecule has 2 aromatic carbocycles. The Morgan fingerprint density at radius 3 is 1.96 bits per heavy atom. The molecule has 0 spiro atoms. The monoisotopic (exact) mass is 388 g/mol. The largest absolute Gasteiger partial charge is 0.494 e.